The van der Waals surface area contributed by atoms with E-state index in [1.165, 1.54) is 32.1 Å². The van der Waals surface area contributed by atoms with Gasteiger partial charge in [0, 0.05) is 12.8 Å². The maximum absolute atomic E-state index is 12.0. The van der Waals surface area contributed by atoms with Crippen molar-refractivity contribution >= 4 is 5.78 Å². The van der Waals surface area contributed by atoms with Crippen LogP contribution in [0.15, 0.2) is 0 Å². The van der Waals surface area contributed by atoms with Crippen molar-refractivity contribution < 1.29 is 9.90 Å². The van der Waals surface area contributed by atoms with Crippen LogP contribution in [0, 0.1) is 34.5 Å². The van der Waals surface area contributed by atoms with E-state index in [1.807, 2.05) is 0 Å². The van der Waals surface area contributed by atoms with E-state index in [0.29, 0.717) is 23.0 Å². The standard InChI is InChI=1S/C22H36O2/c1-4-10-22(24)13-9-19-17-6-5-15-14-16(23)7-11-20(15,2)18(17)8-12-21(19,22)3/h15,17-19,24H,4-14H2,1-3H3/t15-,17-,18+,19+,20-,21-,22-/m0/s1. The molecule has 0 amide bonds. The van der Waals surface area contributed by atoms with Crippen molar-refractivity contribution in [2.75, 3.05) is 0 Å². The summed E-state index contributed by atoms with van der Waals surface area (Å²) in [5.41, 5.74) is 0.110. The van der Waals surface area contributed by atoms with Gasteiger partial charge in [0.05, 0.1) is 5.60 Å². The summed E-state index contributed by atoms with van der Waals surface area (Å²) < 4.78 is 0. The normalized spacial score (nSPS) is 54.1. The molecule has 2 nitrogen and oxygen atoms in total. The Morgan fingerprint density at radius 2 is 1.79 bits per heavy atom. The Kier molecular flexibility index (Phi) is 3.95. The van der Waals surface area contributed by atoms with Gasteiger partial charge in [-0.3, -0.25) is 4.79 Å². The number of rotatable bonds is 2. The van der Waals surface area contributed by atoms with Crippen LogP contribution >= 0.6 is 0 Å². The van der Waals surface area contributed by atoms with Gasteiger partial charge in [0.25, 0.3) is 0 Å². The number of ketones is 1. The fraction of sp³-hybridized carbons (Fsp3) is 0.955. The molecule has 0 saturated heterocycles. The van der Waals surface area contributed by atoms with Gasteiger partial charge in [-0.2, -0.15) is 0 Å². The molecule has 7 atom stereocenters. The number of aliphatic hydroxyl groups is 1. The van der Waals surface area contributed by atoms with E-state index < -0.39 is 5.60 Å². The molecular formula is C22H36O2. The maximum Gasteiger partial charge on any atom is 0.133 e. The van der Waals surface area contributed by atoms with Crippen LogP contribution in [-0.4, -0.2) is 16.5 Å². The zero-order valence-electron chi connectivity index (χ0n) is 15.9. The Morgan fingerprint density at radius 1 is 1.04 bits per heavy atom. The minimum atomic E-state index is -0.419. The average molecular weight is 333 g/mol. The number of carbonyl (C=O) groups excluding carboxylic acids is 1. The Labute approximate surface area is 147 Å². The summed E-state index contributed by atoms with van der Waals surface area (Å²) in [6, 6.07) is 0. The molecule has 0 unspecified atom stereocenters. The molecule has 4 aliphatic rings. The number of Topliss-reactive ketones (excluding diaryl/α,β-unsaturated/α-hetero) is 1. The predicted octanol–water partition coefficient (Wildman–Crippen LogP) is 5.13. The summed E-state index contributed by atoms with van der Waals surface area (Å²) in [5.74, 6) is 3.45. The molecule has 0 heterocycles. The SMILES string of the molecule is CCC[C@]1(O)CC[C@@H]2[C@H]3CC[C@H]4CC(=O)CC[C@]4(C)[C@@H]3CC[C@@]21C. The molecule has 0 bridgehead atoms. The number of hydrogen-bond donors (Lipinski definition) is 1. The third kappa shape index (κ3) is 2.14. The molecule has 0 aliphatic heterocycles. The van der Waals surface area contributed by atoms with Crippen molar-refractivity contribution in [1.29, 1.82) is 0 Å². The highest BCUT2D eigenvalue weighted by molar-refractivity contribution is 5.79. The molecule has 1 N–H and O–H groups in total. The minimum absolute atomic E-state index is 0.137. The maximum atomic E-state index is 12.0. The lowest BCUT2D eigenvalue weighted by atomic mass is 9.44. The number of fused-ring (bicyclic) bond motifs is 5. The minimum Gasteiger partial charge on any atom is -0.389 e. The third-order valence-corrected chi connectivity index (χ3v) is 9.47. The van der Waals surface area contributed by atoms with Gasteiger partial charge >= 0.3 is 0 Å². The first-order valence-corrected chi connectivity index (χ1v) is 10.6. The lowest BCUT2D eigenvalue weighted by Crippen LogP contribution is -2.56. The molecule has 4 aliphatic carbocycles. The largest absolute Gasteiger partial charge is 0.389 e. The highest BCUT2D eigenvalue weighted by Gasteiger charge is 2.64. The average Bonchev–Trinajstić information content (AvgIpc) is 2.80. The second kappa shape index (κ2) is 5.56. The zero-order chi connectivity index (χ0) is 17.2. The molecule has 4 saturated carbocycles. The summed E-state index contributed by atoms with van der Waals surface area (Å²) in [7, 11) is 0. The molecule has 0 radical (unpaired) electrons. The highest BCUT2D eigenvalue weighted by atomic mass is 16.3. The van der Waals surface area contributed by atoms with E-state index in [1.54, 1.807) is 0 Å². The monoisotopic (exact) mass is 332 g/mol. The van der Waals surface area contributed by atoms with Gasteiger partial charge in [-0.05, 0) is 85.9 Å². The van der Waals surface area contributed by atoms with Crippen molar-refractivity contribution in [3.05, 3.63) is 0 Å². The van der Waals surface area contributed by atoms with E-state index in [9.17, 15) is 9.90 Å². The summed E-state index contributed by atoms with van der Waals surface area (Å²) in [4.78, 5) is 12.0. The van der Waals surface area contributed by atoms with Gasteiger partial charge in [-0.15, -0.1) is 0 Å². The van der Waals surface area contributed by atoms with Gasteiger partial charge < -0.3 is 5.11 Å². The Hall–Kier alpha value is -0.370. The number of carbonyl (C=O) groups is 1. The lowest BCUT2D eigenvalue weighted by Gasteiger charge is -2.61. The van der Waals surface area contributed by atoms with Crippen LogP contribution in [0.5, 0.6) is 0 Å². The quantitative estimate of drug-likeness (QED) is 0.761. The summed E-state index contributed by atoms with van der Waals surface area (Å²) in [5, 5.41) is 11.4. The molecule has 4 fully saturated rings. The molecule has 0 aromatic carbocycles. The molecular weight excluding hydrogens is 296 g/mol. The fourth-order valence-corrected chi connectivity index (χ4v) is 7.98. The van der Waals surface area contributed by atoms with Crippen molar-refractivity contribution in [3.63, 3.8) is 0 Å². The van der Waals surface area contributed by atoms with Crippen molar-refractivity contribution in [2.45, 2.75) is 97.0 Å². The van der Waals surface area contributed by atoms with Gasteiger partial charge in [0.2, 0.25) is 0 Å². The second-order valence-corrected chi connectivity index (χ2v) is 10.2. The molecule has 4 rings (SSSR count). The van der Waals surface area contributed by atoms with E-state index >= 15 is 0 Å². The van der Waals surface area contributed by atoms with Crippen molar-refractivity contribution in [3.8, 4) is 0 Å². The Morgan fingerprint density at radius 3 is 2.54 bits per heavy atom. The predicted molar refractivity (Wildman–Crippen MR) is 96.6 cm³/mol. The van der Waals surface area contributed by atoms with E-state index in [-0.39, 0.29) is 5.41 Å². The summed E-state index contributed by atoms with van der Waals surface area (Å²) >= 11 is 0. The van der Waals surface area contributed by atoms with Crippen molar-refractivity contribution in [1.82, 2.24) is 0 Å². The van der Waals surface area contributed by atoms with Crippen LogP contribution in [-0.2, 0) is 4.79 Å². The molecule has 0 aromatic rings. The Balaban J connectivity index is 1.62. The van der Waals surface area contributed by atoms with Crippen molar-refractivity contribution in [2.24, 2.45) is 34.5 Å². The first-order valence-electron chi connectivity index (χ1n) is 10.6. The highest BCUT2D eigenvalue weighted by Crippen LogP contribution is 2.68. The van der Waals surface area contributed by atoms with E-state index in [4.69, 9.17) is 0 Å². The van der Waals surface area contributed by atoms with Crippen LogP contribution in [0.4, 0.5) is 0 Å². The molecule has 0 spiro atoms. The second-order valence-electron chi connectivity index (χ2n) is 10.2. The first-order chi connectivity index (χ1) is 11.3. The molecule has 136 valence electrons. The fourth-order valence-electron chi connectivity index (χ4n) is 7.98. The lowest BCUT2D eigenvalue weighted by molar-refractivity contribution is -0.158. The molecule has 0 aromatic heterocycles. The van der Waals surface area contributed by atoms with Crippen LogP contribution in [0.2, 0.25) is 0 Å². The third-order valence-electron chi connectivity index (χ3n) is 9.47. The van der Waals surface area contributed by atoms with E-state index in [0.717, 1.165) is 50.4 Å². The summed E-state index contributed by atoms with van der Waals surface area (Å²) in [6.45, 7) is 7.14. The smallest absolute Gasteiger partial charge is 0.133 e. The van der Waals surface area contributed by atoms with Gasteiger partial charge in [0.15, 0.2) is 0 Å². The van der Waals surface area contributed by atoms with Crippen LogP contribution < -0.4 is 0 Å². The van der Waals surface area contributed by atoms with Crippen LogP contribution in [0.1, 0.15) is 91.4 Å². The van der Waals surface area contributed by atoms with Gasteiger partial charge in [-0.1, -0.05) is 27.2 Å². The first kappa shape index (κ1) is 17.1. The zero-order valence-corrected chi connectivity index (χ0v) is 15.9. The van der Waals surface area contributed by atoms with Crippen LogP contribution in [0.25, 0.3) is 0 Å². The summed E-state index contributed by atoms with van der Waals surface area (Å²) in [6.07, 6.45) is 12.2. The topological polar surface area (TPSA) is 37.3 Å². The molecule has 2 heteroatoms. The number of hydrogen-bond acceptors (Lipinski definition) is 2. The Bertz CT molecular complexity index is 528. The molecule has 24 heavy (non-hydrogen) atoms. The van der Waals surface area contributed by atoms with Gasteiger partial charge in [0.1, 0.15) is 5.78 Å². The van der Waals surface area contributed by atoms with Gasteiger partial charge in [-0.25, -0.2) is 0 Å². The van der Waals surface area contributed by atoms with E-state index in [2.05, 4.69) is 20.8 Å². The van der Waals surface area contributed by atoms with Crippen LogP contribution in [0.3, 0.4) is 0 Å².